The Hall–Kier alpha value is -1.88. The van der Waals surface area contributed by atoms with E-state index in [-0.39, 0.29) is 24.5 Å². The maximum atomic E-state index is 12.5. The highest BCUT2D eigenvalue weighted by Crippen LogP contribution is 2.45. The summed E-state index contributed by atoms with van der Waals surface area (Å²) in [5.74, 6) is 0.851. The average molecular weight is 358 g/mol. The number of likely N-dealkylation sites (tertiary alicyclic amines) is 2. The lowest BCUT2D eigenvalue weighted by atomic mass is 9.87. The van der Waals surface area contributed by atoms with Crippen molar-refractivity contribution in [2.24, 2.45) is 11.8 Å². The molecule has 0 saturated carbocycles. The summed E-state index contributed by atoms with van der Waals surface area (Å²) < 4.78 is 5.50. The summed E-state index contributed by atoms with van der Waals surface area (Å²) in [7, 11) is 0. The molecule has 5 nitrogen and oxygen atoms in total. The molecule has 26 heavy (non-hydrogen) atoms. The lowest BCUT2D eigenvalue weighted by Crippen LogP contribution is -2.38. The summed E-state index contributed by atoms with van der Waals surface area (Å²) in [5.41, 5.74) is 2.42. The molecular formula is C21H30N2O3. The number of rotatable bonds is 6. The molecule has 0 radical (unpaired) electrons. The molecule has 0 aromatic heterocycles. The van der Waals surface area contributed by atoms with Gasteiger partial charge in [-0.05, 0) is 24.5 Å². The molecule has 2 heterocycles. The van der Waals surface area contributed by atoms with Crippen molar-refractivity contribution >= 4 is 11.8 Å². The minimum atomic E-state index is 0.0671. The Labute approximate surface area is 156 Å². The van der Waals surface area contributed by atoms with Crippen molar-refractivity contribution in [3.63, 3.8) is 0 Å². The molecule has 1 aromatic carbocycles. The van der Waals surface area contributed by atoms with Gasteiger partial charge in [0.25, 0.3) is 0 Å². The monoisotopic (exact) mass is 358 g/mol. The molecule has 3 rings (SSSR count). The van der Waals surface area contributed by atoms with E-state index in [0.717, 1.165) is 25.9 Å². The highest BCUT2D eigenvalue weighted by molar-refractivity contribution is 5.78. The van der Waals surface area contributed by atoms with Crippen molar-refractivity contribution < 1.29 is 14.3 Å². The van der Waals surface area contributed by atoms with Gasteiger partial charge in [-0.25, -0.2) is 0 Å². The Bertz CT molecular complexity index is 660. The van der Waals surface area contributed by atoms with Gasteiger partial charge in [0.2, 0.25) is 11.8 Å². The van der Waals surface area contributed by atoms with E-state index in [1.165, 1.54) is 11.1 Å². The van der Waals surface area contributed by atoms with E-state index in [9.17, 15) is 9.59 Å². The molecule has 2 aliphatic heterocycles. The van der Waals surface area contributed by atoms with E-state index in [2.05, 4.69) is 26.0 Å². The maximum Gasteiger partial charge on any atom is 0.248 e. The van der Waals surface area contributed by atoms with Crippen molar-refractivity contribution in [2.75, 3.05) is 32.8 Å². The van der Waals surface area contributed by atoms with Crippen LogP contribution < -0.4 is 0 Å². The van der Waals surface area contributed by atoms with Gasteiger partial charge in [-0.15, -0.1) is 0 Å². The van der Waals surface area contributed by atoms with Crippen LogP contribution in [0.25, 0.3) is 0 Å². The zero-order chi connectivity index (χ0) is 18.7. The largest absolute Gasteiger partial charge is 0.372 e. The van der Waals surface area contributed by atoms with Crippen molar-refractivity contribution in [2.45, 2.75) is 39.7 Å². The first kappa shape index (κ1) is 18.9. The van der Waals surface area contributed by atoms with E-state index >= 15 is 0 Å². The number of benzene rings is 1. The fourth-order valence-corrected chi connectivity index (χ4v) is 4.39. The standard InChI is InChI=1S/C21H30N2O3/c1-4-5-10-26-14-20(25)22-11-17-12-23(16(3)24)21(19(17)13-22)18-9-7-6-8-15(18)2/h6-9,17,19,21H,4-5,10-14H2,1-3H3/t17-,19-,21+/m1/s1. The lowest BCUT2D eigenvalue weighted by molar-refractivity contribution is -0.135. The Morgan fingerprint density at radius 3 is 2.65 bits per heavy atom. The van der Waals surface area contributed by atoms with E-state index in [1.807, 2.05) is 21.9 Å². The molecule has 5 heteroatoms. The summed E-state index contributed by atoms with van der Waals surface area (Å²) >= 11 is 0. The molecule has 142 valence electrons. The molecule has 0 bridgehead atoms. The van der Waals surface area contributed by atoms with Crippen LogP contribution in [0.3, 0.4) is 0 Å². The second-order valence-electron chi connectivity index (χ2n) is 7.60. The van der Waals surface area contributed by atoms with Gasteiger partial charge in [0.1, 0.15) is 6.61 Å². The molecule has 3 atom stereocenters. The molecule has 1 aromatic rings. The quantitative estimate of drug-likeness (QED) is 0.735. The van der Waals surface area contributed by atoms with E-state index in [1.54, 1.807) is 6.92 Å². The van der Waals surface area contributed by atoms with E-state index < -0.39 is 0 Å². The minimum Gasteiger partial charge on any atom is -0.372 e. The number of ether oxygens (including phenoxy) is 1. The normalized spacial score (nSPS) is 24.8. The van der Waals surface area contributed by atoms with Gasteiger partial charge in [0.15, 0.2) is 0 Å². The fraction of sp³-hybridized carbons (Fsp3) is 0.619. The zero-order valence-corrected chi connectivity index (χ0v) is 16.1. The molecule has 2 aliphatic rings. The van der Waals surface area contributed by atoms with Crippen LogP contribution in [0.1, 0.15) is 43.9 Å². The topological polar surface area (TPSA) is 49.9 Å². The van der Waals surface area contributed by atoms with Gasteiger partial charge in [0.05, 0.1) is 6.04 Å². The summed E-state index contributed by atoms with van der Waals surface area (Å²) in [6.07, 6.45) is 2.06. The second-order valence-corrected chi connectivity index (χ2v) is 7.60. The predicted molar refractivity (Wildman–Crippen MR) is 101 cm³/mol. The number of amides is 2. The lowest BCUT2D eigenvalue weighted by Gasteiger charge is -2.30. The number of nitrogens with zero attached hydrogens (tertiary/aromatic N) is 2. The second kappa shape index (κ2) is 8.21. The molecule has 0 unspecified atom stereocenters. The summed E-state index contributed by atoms with van der Waals surface area (Å²) in [6.45, 7) is 8.85. The first-order chi connectivity index (χ1) is 12.5. The highest BCUT2D eigenvalue weighted by Gasteiger charge is 2.49. The Morgan fingerprint density at radius 1 is 1.19 bits per heavy atom. The fourth-order valence-electron chi connectivity index (χ4n) is 4.39. The van der Waals surface area contributed by atoms with Crippen molar-refractivity contribution in [3.05, 3.63) is 35.4 Å². The first-order valence-electron chi connectivity index (χ1n) is 9.71. The van der Waals surface area contributed by atoms with Crippen LogP contribution in [0.5, 0.6) is 0 Å². The van der Waals surface area contributed by atoms with Gasteiger partial charge in [-0.1, -0.05) is 37.6 Å². The third kappa shape index (κ3) is 3.78. The van der Waals surface area contributed by atoms with Crippen molar-refractivity contribution in [3.8, 4) is 0 Å². The molecule has 0 aliphatic carbocycles. The van der Waals surface area contributed by atoms with Crippen LogP contribution in [0, 0.1) is 18.8 Å². The van der Waals surface area contributed by atoms with Crippen LogP contribution >= 0.6 is 0 Å². The number of aryl methyl sites for hydroxylation is 1. The Kier molecular flexibility index (Phi) is 5.97. The zero-order valence-electron chi connectivity index (χ0n) is 16.1. The van der Waals surface area contributed by atoms with Crippen LogP contribution in [0.4, 0.5) is 0 Å². The van der Waals surface area contributed by atoms with Gasteiger partial charge in [-0.2, -0.15) is 0 Å². The summed E-state index contributed by atoms with van der Waals surface area (Å²) in [6, 6.07) is 8.35. The summed E-state index contributed by atoms with van der Waals surface area (Å²) in [4.78, 5) is 28.6. The smallest absolute Gasteiger partial charge is 0.248 e. The number of hydrogen-bond acceptors (Lipinski definition) is 3. The summed E-state index contributed by atoms with van der Waals surface area (Å²) in [5, 5.41) is 0. The molecule has 2 saturated heterocycles. The number of unbranched alkanes of at least 4 members (excludes halogenated alkanes) is 1. The van der Waals surface area contributed by atoms with E-state index in [4.69, 9.17) is 4.74 Å². The molecule has 2 fully saturated rings. The van der Waals surface area contributed by atoms with Gasteiger partial charge in [-0.3, -0.25) is 9.59 Å². The highest BCUT2D eigenvalue weighted by atomic mass is 16.5. The minimum absolute atomic E-state index is 0.0671. The maximum absolute atomic E-state index is 12.5. The van der Waals surface area contributed by atoms with Crippen LogP contribution in [-0.2, 0) is 14.3 Å². The predicted octanol–water partition coefficient (Wildman–Crippen LogP) is 2.79. The Balaban J connectivity index is 1.71. The van der Waals surface area contributed by atoms with E-state index in [0.29, 0.717) is 25.0 Å². The number of carbonyl (C=O) groups excluding carboxylic acids is 2. The van der Waals surface area contributed by atoms with Crippen molar-refractivity contribution in [1.29, 1.82) is 0 Å². The SMILES string of the molecule is CCCCOCC(=O)N1C[C@@H]2CN(C(C)=O)[C@@H](c3ccccc3C)[C@@H]2C1. The van der Waals surface area contributed by atoms with Crippen LogP contribution in [0.2, 0.25) is 0 Å². The third-order valence-corrected chi connectivity index (χ3v) is 5.80. The number of carbonyl (C=O) groups is 2. The first-order valence-corrected chi connectivity index (χ1v) is 9.71. The van der Waals surface area contributed by atoms with Gasteiger partial charge in [0, 0.05) is 45.0 Å². The van der Waals surface area contributed by atoms with Gasteiger partial charge >= 0.3 is 0 Å². The van der Waals surface area contributed by atoms with Crippen LogP contribution in [-0.4, -0.2) is 54.5 Å². The van der Waals surface area contributed by atoms with Gasteiger partial charge < -0.3 is 14.5 Å². The molecule has 0 spiro atoms. The van der Waals surface area contributed by atoms with Crippen molar-refractivity contribution in [1.82, 2.24) is 9.80 Å². The molecule has 2 amide bonds. The molecular weight excluding hydrogens is 328 g/mol. The number of hydrogen-bond donors (Lipinski definition) is 0. The molecule has 0 N–H and O–H groups in total. The third-order valence-electron chi connectivity index (χ3n) is 5.80. The Morgan fingerprint density at radius 2 is 1.96 bits per heavy atom. The average Bonchev–Trinajstić information content (AvgIpc) is 3.17. The van der Waals surface area contributed by atoms with Crippen LogP contribution in [0.15, 0.2) is 24.3 Å². The number of fused-ring (bicyclic) bond motifs is 1.